The Morgan fingerprint density at radius 2 is 1.77 bits per heavy atom. The molecule has 0 atom stereocenters. The van der Waals surface area contributed by atoms with Crippen molar-refractivity contribution in [1.82, 2.24) is 29.3 Å². The van der Waals surface area contributed by atoms with Gasteiger partial charge in [0.25, 0.3) is 5.91 Å². The molecule has 2 amide bonds. The van der Waals surface area contributed by atoms with Crippen LogP contribution in [-0.2, 0) is 11.3 Å². The summed E-state index contributed by atoms with van der Waals surface area (Å²) in [7, 11) is 4.02. The third kappa shape index (κ3) is 6.54. The molecular weight excluding hydrogens is 542 g/mol. The van der Waals surface area contributed by atoms with Crippen LogP contribution in [0.1, 0.15) is 40.7 Å². The highest BCUT2D eigenvalue weighted by molar-refractivity contribution is 5.94. The molecule has 10 nitrogen and oxygen atoms in total. The molecular formula is C33H37N7O3. The quantitative estimate of drug-likeness (QED) is 0.327. The Kier molecular flexibility index (Phi) is 8.37. The van der Waals surface area contributed by atoms with E-state index in [-0.39, 0.29) is 24.6 Å². The molecule has 4 heterocycles. The number of nitrogens with zero attached hydrogens (tertiary/aromatic N) is 6. The lowest BCUT2D eigenvalue weighted by Gasteiger charge is -2.35. The van der Waals surface area contributed by atoms with Crippen LogP contribution < -0.4 is 5.32 Å². The van der Waals surface area contributed by atoms with Crippen molar-refractivity contribution in [1.29, 1.82) is 0 Å². The average Bonchev–Trinajstić information content (AvgIpc) is 3.47. The number of hydrogen-bond donors (Lipinski definition) is 1. The number of carbonyl (C=O) groups excluding carboxylic acids is 2. The fourth-order valence-electron chi connectivity index (χ4n) is 5.68. The Balaban J connectivity index is 1.09. The van der Waals surface area contributed by atoms with Crippen LogP contribution in [0.2, 0.25) is 0 Å². The minimum Gasteiger partial charge on any atom is -0.445 e. The van der Waals surface area contributed by atoms with Crippen molar-refractivity contribution in [3.05, 3.63) is 95.7 Å². The van der Waals surface area contributed by atoms with E-state index in [1.807, 2.05) is 84.9 Å². The number of nitrogens with one attached hydrogen (secondary N) is 1. The number of pyridine rings is 1. The molecule has 0 spiro atoms. The van der Waals surface area contributed by atoms with Gasteiger partial charge in [-0.1, -0.05) is 36.4 Å². The van der Waals surface area contributed by atoms with Gasteiger partial charge in [-0.05, 0) is 86.9 Å². The van der Waals surface area contributed by atoms with Crippen molar-refractivity contribution in [2.45, 2.75) is 31.9 Å². The van der Waals surface area contributed by atoms with Crippen LogP contribution in [0.5, 0.6) is 0 Å². The molecule has 1 saturated heterocycles. The van der Waals surface area contributed by atoms with Crippen LogP contribution in [-0.4, -0.2) is 87.6 Å². The summed E-state index contributed by atoms with van der Waals surface area (Å²) < 4.78 is 7.26. The summed E-state index contributed by atoms with van der Waals surface area (Å²) in [5.41, 5.74) is 5.28. The van der Waals surface area contributed by atoms with Gasteiger partial charge in [0, 0.05) is 49.2 Å². The Morgan fingerprint density at radius 1 is 1.00 bits per heavy atom. The van der Waals surface area contributed by atoms with E-state index in [9.17, 15) is 9.59 Å². The molecule has 2 aromatic carbocycles. The molecule has 4 aromatic rings. The van der Waals surface area contributed by atoms with E-state index in [0.29, 0.717) is 31.0 Å². The summed E-state index contributed by atoms with van der Waals surface area (Å²) in [6.45, 7) is 3.33. The van der Waals surface area contributed by atoms with Gasteiger partial charge in [-0.2, -0.15) is 4.98 Å². The molecule has 6 rings (SSSR count). The monoisotopic (exact) mass is 579 g/mol. The molecule has 0 aliphatic carbocycles. The third-order valence-electron chi connectivity index (χ3n) is 8.32. The molecule has 2 aliphatic rings. The van der Waals surface area contributed by atoms with E-state index < -0.39 is 0 Å². The third-order valence-corrected chi connectivity index (χ3v) is 8.32. The Hall–Kier alpha value is -4.70. The maximum Gasteiger partial charge on any atom is 0.410 e. The highest BCUT2D eigenvalue weighted by atomic mass is 16.6. The van der Waals surface area contributed by atoms with Crippen LogP contribution in [0.3, 0.4) is 0 Å². The number of rotatable bonds is 7. The van der Waals surface area contributed by atoms with Gasteiger partial charge in [0.15, 0.2) is 5.65 Å². The number of carbonyl (C=O) groups is 2. The normalized spacial score (nSPS) is 16.1. The molecule has 0 radical (unpaired) electrons. The zero-order chi connectivity index (χ0) is 29.8. The Bertz CT molecular complexity index is 1610. The van der Waals surface area contributed by atoms with Gasteiger partial charge in [-0.3, -0.25) is 4.79 Å². The predicted octanol–water partition coefficient (Wildman–Crippen LogP) is 5.07. The number of benzene rings is 2. The molecule has 0 unspecified atom stereocenters. The molecule has 1 fully saturated rings. The molecule has 2 aliphatic heterocycles. The van der Waals surface area contributed by atoms with Crippen LogP contribution in [0.15, 0.2) is 79.0 Å². The lowest BCUT2D eigenvalue weighted by Crippen LogP contribution is -2.44. The summed E-state index contributed by atoms with van der Waals surface area (Å²) in [6, 6.07) is 21.4. The van der Waals surface area contributed by atoms with Crippen molar-refractivity contribution in [3.63, 3.8) is 0 Å². The van der Waals surface area contributed by atoms with E-state index in [4.69, 9.17) is 9.72 Å². The van der Waals surface area contributed by atoms with E-state index in [0.717, 1.165) is 54.0 Å². The second-order valence-electron chi connectivity index (χ2n) is 11.2. The summed E-state index contributed by atoms with van der Waals surface area (Å²) in [4.78, 5) is 36.3. The first-order valence-electron chi connectivity index (χ1n) is 14.8. The van der Waals surface area contributed by atoms with Crippen molar-refractivity contribution in [3.8, 4) is 0 Å². The topological polar surface area (TPSA) is 95.3 Å². The number of aromatic nitrogens is 3. The van der Waals surface area contributed by atoms with Crippen LogP contribution >= 0.6 is 0 Å². The SMILES string of the molecule is CN1CCC(N(C)C(=O)c2ccc(Nc3nc4c(C5=CCN(C(=O)OCc6ccccc6)CC5)cccn4n3)cc2)CC1. The van der Waals surface area contributed by atoms with Gasteiger partial charge >= 0.3 is 6.09 Å². The predicted molar refractivity (Wildman–Crippen MR) is 166 cm³/mol. The van der Waals surface area contributed by atoms with Crippen molar-refractivity contribution >= 4 is 34.9 Å². The van der Waals surface area contributed by atoms with Gasteiger partial charge < -0.3 is 24.8 Å². The molecule has 0 bridgehead atoms. The maximum absolute atomic E-state index is 13.1. The average molecular weight is 580 g/mol. The van der Waals surface area contributed by atoms with Gasteiger partial charge in [-0.15, -0.1) is 5.10 Å². The van der Waals surface area contributed by atoms with Crippen LogP contribution in [0, 0.1) is 0 Å². The highest BCUT2D eigenvalue weighted by Gasteiger charge is 2.25. The number of fused-ring (bicyclic) bond motifs is 1. The maximum atomic E-state index is 13.1. The number of hydrogen-bond acceptors (Lipinski definition) is 7. The first kappa shape index (κ1) is 28.4. The fourth-order valence-corrected chi connectivity index (χ4v) is 5.68. The van der Waals surface area contributed by atoms with E-state index >= 15 is 0 Å². The van der Waals surface area contributed by atoms with Gasteiger partial charge in [-0.25, -0.2) is 9.31 Å². The molecule has 1 N–H and O–H groups in total. The lowest BCUT2D eigenvalue weighted by atomic mass is 10.0. The highest BCUT2D eigenvalue weighted by Crippen LogP contribution is 2.27. The van der Waals surface area contributed by atoms with Crippen LogP contribution in [0.4, 0.5) is 16.4 Å². The zero-order valence-corrected chi connectivity index (χ0v) is 24.6. The Labute approximate surface area is 251 Å². The minimum atomic E-state index is -0.312. The molecule has 43 heavy (non-hydrogen) atoms. The second-order valence-corrected chi connectivity index (χ2v) is 11.2. The molecule has 2 aromatic heterocycles. The Morgan fingerprint density at radius 3 is 2.49 bits per heavy atom. The minimum absolute atomic E-state index is 0.0420. The van der Waals surface area contributed by atoms with E-state index in [1.165, 1.54) is 0 Å². The van der Waals surface area contributed by atoms with Crippen molar-refractivity contribution < 1.29 is 14.3 Å². The number of amides is 2. The van der Waals surface area contributed by atoms with E-state index in [1.54, 1.807) is 9.42 Å². The zero-order valence-electron chi connectivity index (χ0n) is 24.6. The number of anilines is 2. The summed E-state index contributed by atoms with van der Waals surface area (Å²) >= 11 is 0. The molecule has 222 valence electrons. The first-order chi connectivity index (χ1) is 20.9. The number of ether oxygens (including phenoxy) is 1. The van der Waals surface area contributed by atoms with Crippen molar-refractivity contribution in [2.75, 3.05) is 45.6 Å². The first-order valence-corrected chi connectivity index (χ1v) is 14.8. The smallest absolute Gasteiger partial charge is 0.410 e. The van der Waals surface area contributed by atoms with Gasteiger partial charge in [0.1, 0.15) is 6.61 Å². The fraction of sp³-hybridized carbons (Fsp3) is 0.333. The summed E-state index contributed by atoms with van der Waals surface area (Å²) in [5.74, 6) is 0.512. The summed E-state index contributed by atoms with van der Waals surface area (Å²) in [5, 5.41) is 7.89. The lowest BCUT2D eigenvalue weighted by molar-refractivity contribution is 0.0659. The van der Waals surface area contributed by atoms with Crippen LogP contribution in [0.25, 0.3) is 11.2 Å². The van der Waals surface area contributed by atoms with Crippen molar-refractivity contribution in [2.24, 2.45) is 0 Å². The number of likely N-dealkylation sites (tertiary alicyclic amines) is 1. The largest absolute Gasteiger partial charge is 0.445 e. The standard InChI is InChI=1S/C33H37N7O3/c1-37-19-16-28(17-20-37)38(2)31(41)26-10-12-27(13-11-26)34-32-35-30-29(9-6-18-40(30)36-32)25-14-21-39(22-15-25)33(42)43-23-24-7-4-3-5-8-24/h3-14,18,28H,15-17,19-23H2,1-2H3,(H,34,36). The van der Waals surface area contributed by atoms with Gasteiger partial charge in [0.05, 0.1) is 0 Å². The number of piperidine rings is 1. The second kappa shape index (κ2) is 12.7. The van der Waals surface area contributed by atoms with Gasteiger partial charge in [0.2, 0.25) is 5.95 Å². The molecule has 0 saturated carbocycles. The summed E-state index contributed by atoms with van der Waals surface area (Å²) in [6.07, 6.45) is 6.30. The van der Waals surface area contributed by atoms with E-state index in [2.05, 4.69) is 28.4 Å². The molecule has 10 heteroatoms.